The molecule has 2 aromatic rings. The molecule has 0 radical (unpaired) electrons. The Hall–Kier alpha value is -0.630. The molecule has 1 aliphatic heterocycles. The maximum absolute atomic E-state index is 12.8. The summed E-state index contributed by atoms with van der Waals surface area (Å²) in [5.41, 5.74) is 0.935. The number of hydrogen-bond donors (Lipinski definition) is 1. The zero-order chi connectivity index (χ0) is 16.3. The van der Waals surface area contributed by atoms with Crippen molar-refractivity contribution in [1.82, 2.24) is 9.62 Å². The molecule has 132 valence electrons. The van der Waals surface area contributed by atoms with Gasteiger partial charge in [-0.1, -0.05) is 29.8 Å². The maximum atomic E-state index is 12.8. The number of nitrogens with one attached hydrogen (secondary N) is 1. The van der Waals surface area contributed by atoms with Gasteiger partial charge < -0.3 is 5.32 Å². The predicted octanol–water partition coefficient (Wildman–Crippen LogP) is 3.34. The van der Waals surface area contributed by atoms with E-state index < -0.39 is 10.0 Å². The Morgan fingerprint density at radius 2 is 2.12 bits per heavy atom. The summed E-state index contributed by atoms with van der Waals surface area (Å²) < 4.78 is 27.3. The molecular formula is C16H20Cl2N2O2S2. The van der Waals surface area contributed by atoms with Crippen molar-refractivity contribution in [2.75, 3.05) is 25.4 Å². The summed E-state index contributed by atoms with van der Waals surface area (Å²) in [5.74, 6) is 0.143. The molecule has 0 aliphatic carbocycles. The number of rotatable bonds is 5. The summed E-state index contributed by atoms with van der Waals surface area (Å²) in [6.45, 7) is 1.78. The second-order valence-electron chi connectivity index (χ2n) is 5.53. The Morgan fingerprint density at radius 1 is 1.29 bits per heavy atom. The van der Waals surface area contributed by atoms with Crippen LogP contribution in [0.3, 0.4) is 0 Å². The smallest absolute Gasteiger partial charge is 0.215 e. The molecule has 2 heterocycles. The van der Waals surface area contributed by atoms with E-state index in [2.05, 4.69) is 5.32 Å². The van der Waals surface area contributed by atoms with Gasteiger partial charge in [0.15, 0.2) is 0 Å². The minimum absolute atomic E-state index is 0. The molecule has 24 heavy (non-hydrogen) atoms. The number of sulfonamides is 1. The Morgan fingerprint density at radius 3 is 2.83 bits per heavy atom. The third-order valence-electron chi connectivity index (χ3n) is 3.97. The van der Waals surface area contributed by atoms with Crippen LogP contribution < -0.4 is 5.32 Å². The topological polar surface area (TPSA) is 49.4 Å². The SMILES string of the molecule is Cl.O=S(=O)(CCc1cccs1)N1CCNCC1c1cccc(Cl)c1. The van der Waals surface area contributed by atoms with Gasteiger partial charge in [-0.15, -0.1) is 23.7 Å². The summed E-state index contributed by atoms with van der Waals surface area (Å²) in [4.78, 5) is 1.10. The van der Waals surface area contributed by atoms with E-state index in [4.69, 9.17) is 11.6 Å². The molecule has 0 spiro atoms. The Bertz CT molecular complexity index is 751. The first-order chi connectivity index (χ1) is 11.1. The lowest BCUT2D eigenvalue weighted by Gasteiger charge is -2.35. The molecule has 0 bridgehead atoms. The molecule has 1 aliphatic rings. The normalized spacial score (nSPS) is 19.0. The average molecular weight is 407 g/mol. The van der Waals surface area contributed by atoms with Gasteiger partial charge in [0.2, 0.25) is 10.0 Å². The number of piperazine rings is 1. The highest BCUT2D eigenvalue weighted by Crippen LogP contribution is 2.27. The lowest BCUT2D eigenvalue weighted by molar-refractivity contribution is 0.271. The highest BCUT2D eigenvalue weighted by Gasteiger charge is 2.33. The van der Waals surface area contributed by atoms with Gasteiger partial charge in [0, 0.05) is 29.5 Å². The molecule has 0 amide bonds. The van der Waals surface area contributed by atoms with Crippen molar-refractivity contribution in [1.29, 1.82) is 0 Å². The molecule has 8 heteroatoms. The third-order valence-corrected chi connectivity index (χ3v) is 7.01. The number of aryl methyl sites for hydroxylation is 1. The number of nitrogens with zero attached hydrogens (tertiary/aromatic N) is 1. The van der Waals surface area contributed by atoms with Gasteiger partial charge in [-0.05, 0) is 35.6 Å². The minimum Gasteiger partial charge on any atom is -0.313 e. The first-order valence-corrected chi connectivity index (χ1v) is 10.4. The van der Waals surface area contributed by atoms with Crippen LogP contribution in [0.4, 0.5) is 0 Å². The van der Waals surface area contributed by atoms with E-state index in [1.807, 2.05) is 35.7 Å². The predicted molar refractivity (Wildman–Crippen MR) is 103 cm³/mol. The van der Waals surface area contributed by atoms with Crippen LogP contribution in [0.25, 0.3) is 0 Å². The van der Waals surface area contributed by atoms with Crippen molar-refractivity contribution in [2.24, 2.45) is 0 Å². The van der Waals surface area contributed by atoms with Crippen molar-refractivity contribution in [3.63, 3.8) is 0 Å². The van der Waals surface area contributed by atoms with Gasteiger partial charge in [-0.2, -0.15) is 4.31 Å². The quantitative estimate of drug-likeness (QED) is 0.827. The summed E-state index contributed by atoms with van der Waals surface area (Å²) in [5, 5.41) is 5.88. The van der Waals surface area contributed by atoms with Crippen molar-refractivity contribution < 1.29 is 8.42 Å². The Labute approximate surface area is 158 Å². The summed E-state index contributed by atoms with van der Waals surface area (Å²) in [6.07, 6.45) is 0.562. The second-order valence-corrected chi connectivity index (χ2v) is 9.04. The first kappa shape index (κ1) is 19.7. The van der Waals surface area contributed by atoms with E-state index >= 15 is 0 Å². The lowest BCUT2D eigenvalue weighted by Crippen LogP contribution is -2.49. The third kappa shape index (κ3) is 4.71. The molecule has 1 saturated heterocycles. The van der Waals surface area contributed by atoms with E-state index in [0.29, 0.717) is 31.1 Å². The number of benzene rings is 1. The van der Waals surface area contributed by atoms with Crippen LogP contribution in [-0.4, -0.2) is 38.1 Å². The Kier molecular flexibility index (Phi) is 7.10. The van der Waals surface area contributed by atoms with Gasteiger partial charge >= 0.3 is 0 Å². The van der Waals surface area contributed by atoms with E-state index in [9.17, 15) is 8.42 Å². The van der Waals surface area contributed by atoms with Crippen LogP contribution in [0.15, 0.2) is 41.8 Å². The van der Waals surface area contributed by atoms with Gasteiger partial charge in [0.1, 0.15) is 0 Å². The van der Waals surface area contributed by atoms with Gasteiger partial charge in [-0.3, -0.25) is 0 Å². The lowest BCUT2D eigenvalue weighted by atomic mass is 10.1. The van der Waals surface area contributed by atoms with Gasteiger partial charge in [-0.25, -0.2) is 8.42 Å². The zero-order valence-corrected chi connectivity index (χ0v) is 16.2. The van der Waals surface area contributed by atoms with Crippen LogP contribution in [0.1, 0.15) is 16.5 Å². The van der Waals surface area contributed by atoms with Crippen LogP contribution >= 0.6 is 35.3 Å². The van der Waals surface area contributed by atoms with Crippen LogP contribution in [0.5, 0.6) is 0 Å². The van der Waals surface area contributed by atoms with Crippen molar-refractivity contribution in [3.8, 4) is 0 Å². The van der Waals surface area contributed by atoms with Gasteiger partial charge in [0.25, 0.3) is 0 Å². The fourth-order valence-corrected chi connectivity index (χ4v) is 5.52. The maximum Gasteiger partial charge on any atom is 0.215 e. The van der Waals surface area contributed by atoms with E-state index in [0.717, 1.165) is 10.4 Å². The van der Waals surface area contributed by atoms with E-state index in [1.54, 1.807) is 21.7 Å². The van der Waals surface area contributed by atoms with E-state index in [1.165, 1.54) is 0 Å². The standard InChI is InChI=1S/C16H19ClN2O2S2.ClH/c17-14-4-1-3-13(11-14)16-12-18-7-8-19(16)23(20,21)10-6-15-5-2-9-22-15;/h1-5,9,11,16,18H,6-8,10,12H2;1H. The fourth-order valence-electron chi connectivity index (χ4n) is 2.82. The van der Waals surface area contributed by atoms with Gasteiger partial charge in [0.05, 0.1) is 11.8 Å². The zero-order valence-electron chi connectivity index (χ0n) is 13.0. The number of halogens is 2. The van der Waals surface area contributed by atoms with Crippen molar-refractivity contribution in [3.05, 3.63) is 57.2 Å². The number of thiophene rings is 1. The van der Waals surface area contributed by atoms with Crippen molar-refractivity contribution in [2.45, 2.75) is 12.5 Å². The molecule has 1 atom stereocenters. The molecule has 1 fully saturated rings. The summed E-state index contributed by atoms with van der Waals surface area (Å²) >= 11 is 7.66. The van der Waals surface area contributed by atoms with Crippen molar-refractivity contribution >= 4 is 45.4 Å². The van der Waals surface area contributed by atoms with Crippen LogP contribution in [0, 0.1) is 0 Å². The number of hydrogen-bond acceptors (Lipinski definition) is 4. The van der Waals surface area contributed by atoms with E-state index in [-0.39, 0.29) is 24.2 Å². The van der Waals surface area contributed by atoms with Crippen LogP contribution in [0.2, 0.25) is 5.02 Å². The molecule has 1 unspecified atom stereocenters. The highest BCUT2D eigenvalue weighted by molar-refractivity contribution is 7.89. The molecule has 1 aromatic heterocycles. The molecule has 1 aromatic carbocycles. The molecule has 4 nitrogen and oxygen atoms in total. The molecule has 3 rings (SSSR count). The monoisotopic (exact) mass is 406 g/mol. The summed E-state index contributed by atoms with van der Waals surface area (Å²) in [7, 11) is -3.31. The molecule has 0 saturated carbocycles. The average Bonchev–Trinajstić information content (AvgIpc) is 3.07. The minimum atomic E-state index is -3.31. The fraction of sp³-hybridized carbons (Fsp3) is 0.375. The summed E-state index contributed by atoms with van der Waals surface area (Å²) in [6, 6.07) is 11.2. The molecular weight excluding hydrogens is 387 g/mol. The highest BCUT2D eigenvalue weighted by atomic mass is 35.5. The largest absolute Gasteiger partial charge is 0.313 e. The second kappa shape index (κ2) is 8.65. The first-order valence-electron chi connectivity index (χ1n) is 7.54. The Balaban J connectivity index is 0.00000208. The molecule has 1 N–H and O–H groups in total. The van der Waals surface area contributed by atoms with Crippen LogP contribution in [-0.2, 0) is 16.4 Å².